The van der Waals surface area contributed by atoms with E-state index in [1.807, 2.05) is 0 Å². The Morgan fingerprint density at radius 2 is 0.861 bits per heavy atom. The van der Waals surface area contributed by atoms with Crippen molar-refractivity contribution in [2.45, 2.75) is 23.3 Å². The van der Waals surface area contributed by atoms with Gasteiger partial charge in [0.1, 0.15) is 22.0 Å². The van der Waals surface area contributed by atoms with E-state index in [1.54, 1.807) is 0 Å². The first-order chi connectivity index (χ1) is 16.2. The van der Waals surface area contributed by atoms with Crippen molar-refractivity contribution >= 4 is 40.5 Å². The SMILES string of the molecule is O=S(=O)(O)CC(Cc1ccc(O)c(-c2cc(CC(CS(=O)(=O)O)S(=O)(=O)O)ccc2O)c1)S(=O)(=O)O. The van der Waals surface area contributed by atoms with Crippen molar-refractivity contribution < 1.29 is 62.1 Å². The van der Waals surface area contributed by atoms with E-state index in [2.05, 4.69) is 0 Å². The summed E-state index contributed by atoms with van der Waals surface area (Å²) < 4.78 is 128. The zero-order valence-electron chi connectivity index (χ0n) is 18.0. The van der Waals surface area contributed by atoms with Crippen molar-refractivity contribution in [2.24, 2.45) is 0 Å². The molecule has 36 heavy (non-hydrogen) atoms. The summed E-state index contributed by atoms with van der Waals surface area (Å²) in [6, 6.07) is 6.75. The van der Waals surface area contributed by atoms with Crippen LogP contribution in [0.2, 0.25) is 0 Å². The highest BCUT2D eigenvalue weighted by atomic mass is 32.2. The summed E-state index contributed by atoms with van der Waals surface area (Å²) in [5.74, 6) is -3.58. The van der Waals surface area contributed by atoms with Crippen LogP contribution in [0, 0.1) is 0 Å². The fraction of sp³-hybridized carbons (Fsp3) is 0.333. The molecule has 14 nitrogen and oxygen atoms in total. The number of rotatable bonds is 11. The van der Waals surface area contributed by atoms with Crippen molar-refractivity contribution in [3.8, 4) is 22.6 Å². The molecule has 0 heterocycles. The molecule has 0 aliphatic carbocycles. The van der Waals surface area contributed by atoms with Gasteiger partial charge in [0.25, 0.3) is 40.5 Å². The Labute approximate surface area is 207 Å². The third-order valence-corrected chi connectivity index (χ3v) is 9.40. The largest absolute Gasteiger partial charge is 0.507 e. The predicted molar refractivity (Wildman–Crippen MR) is 126 cm³/mol. The molecule has 0 bridgehead atoms. The normalized spacial score (nSPS) is 14.9. The zero-order valence-corrected chi connectivity index (χ0v) is 21.3. The maximum absolute atomic E-state index is 11.6. The number of benzene rings is 2. The van der Waals surface area contributed by atoms with Gasteiger partial charge in [0.05, 0.1) is 11.5 Å². The van der Waals surface area contributed by atoms with E-state index < -0.39 is 86.8 Å². The minimum absolute atomic E-state index is 0.0427. The highest BCUT2D eigenvalue weighted by Gasteiger charge is 2.30. The summed E-state index contributed by atoms with van der Waals surface area (Å²) in [4.78, 5) is 0. The molecule has 2 atom stereocenters. The first kappa shape index (κ1) is 29.9. The van der Waals surface area contributed by atoms with Crippen LogP contribution >= 0.6 is 0 Å². The smallest absolute Gasteiger partial charge is 0.269 e. The molecule has 0 aromatic heterocycles. The van der Waals surface area contributed by atoms with Crippen LogP contribution in [0.5, 0.6) is 11.5 Å². The van der Waals surface area contributed by atoms with Crippen LogP contribution in [-0.4, -0.2) is 84.1 Å². The van der Waals surface area contributed by atoms with E-state index >= 15 is 0 Å². The third kappa shape index (κ3) is 8.96. The lowest BCUT2D eigenvalue weighted by molar-refractivity contribution is 0.456. The van der Waals surface area contributed by atoms with Gasteiger partial charge in [-0.1, -0.05) is 12.1 Å². The van der Waals surface area contributed by atoms with Crippen molar-refractivity contribution in [2.75, 3.05) is 11.5 Å². The lowest BCUT2D eigenvalue weighted by Crippen LogP contribution is -2.31. The zero-order chi connectivity index (χ0) is 27.7. The van der Waals surface area contributed by atoms with Crippen LogP contribution in [0.1, 0.15) is 11.1 Å². The molecule has 0 radical (unpaired) electrons. The Hall–Kier alpha value is -2.32. The molecule has 2 aromatic rings. The van der Waals surface area contributed by atoms with Crippen LogP contribution < -0.4 is 0 Å². The maximum atomic E-state index is 11.6. The van der Waals surface area contributed by atoms with Crippen molar-refractivity contribution in [1.29, 1.82) is 0 Å². The Morgan fingerprint density at radius 1 is 0.556 bits per heavy atom. The molecule has 0 aliphatic rings. The fourth-order valence-electron chi connectivity index (χ4n) is 3.35. The van der Waals surface area contributed by atoms with Gasteiger partial charge in [0.15, 0.2) is 0 Å². The van der Waals surface area contributed by atoms with Gasteiger partial charge in [-0.25, -0.2) is 0 Å². The topological polar surface area (TPSA) is 258 Å². The lowest BCUT2D eigenvalue weighted by atomic mass is 9.96. The monoisotopic (exact) mass is 590 g/mol. The molecule has 2 unspecified atom stereocenters. The minimum atomic E-state index is -4.94. The van der Waals surface area contributed by atoms with Gasteiger partial charge in [-0.3, -0.25) is 18.2 Å². The number of phenolic OH excluding ortho intramolecular Hbond substituents is 2. The molecule has 202 valence electrons. The molecule has 2 aromatic carbocycles. The molecule has 18 heteroatoms. The van der Waals surface area contributed by atoms with Gasteiger partial charge in [0.2, 0.25) is 0 Å². The summed E-state index contributed by atoms with van der Waals surface area (Å²) in [5, 5.41) is 16.6. The summed E-state index contributed by atoms with van der Waals surface area (Å²) >= 11 is 0. The van der Waals surface area contributed by atoms with Crippen LogP contribution in [-0.2, 0) is 53.3 Å². The molecule has 0 fully saturated rings. The standard InChI is InChI=1S/C18H22O14S4/c19-17-3-1-11(5-13(35(27,28)29)9-33(21,22)23)7-15(17)16-8-12(2-4-18(16)20)6-14(36(30,31)32)10-34(24,25)26/h1-4,7-8,13-14,19-20H,5-6,9-10H2,(H,21,22,23)(H,24,25,26)(H,27,28,29)(H,30,31,32). The first-order valence-electron chi connectivity index (χ1n) is 9.63. The van der Waals surface area contributed by atoms with Crippen LogP contribution in [0.3, 0.4) is 0 Å². The molecule has 0 amide bonds. The van der Waals surface area contributed by atoms with Crippen molar-refractivity contribution in [1.82, 2.24) is 0 Å². The van der Waals surface area contributed by atoms with E-state index in [9.17, 15) is 53.0 Å². The summed E-state index contributed by atoms with van der Waals surface area (Å²) in [6.45, 7) is 0. The summed E-state index contributed by atoms with van der Waals surface area (Å²) in [7, 11) is -19.5. The van der Waals surface area contributed by atoms with Gasteiger partial charge >= 0.3 is 0 Å². The van der Waals surface area contributed by atoms with Gasteiger partial charge in [-0.2, -0.15) is 33.7 Å². The van der Waals surface area contributed by atoms with Crippen LogP contribution in [0.25, 0.3) is 11.1 Å². The molecule has 6 N–H and O–H groups in total. The van der Waals surface area contributed by atoms with E-state index in [0.29, 0.717) is 0 Å². The number of hydrogen-bond donors (Lipinski definition) is 6. The first-order valence-corrected chi connectivity index (χ1v) is 15.9. The predicted octanol–water partition coefficient (Wildman–Crippen LogP) is 0.138. The Balaban J connectivity index is 2.51. The van der Waals surface area contributed by atoms with E-state index in [1.165, 1.54) is 12.1 Å². The van der Waals surface area contributed by atoms with Gasteiger partial charge in [0, 0.05) is 11.1 Å². The Kier molecular flexibility index (Phi) is 8.79. The van der Waals surface area contributed by atoms with Crippen molar-refractivity contribution in [3.63, 3.8) is 0 Å². The molecule has 0 spiro atoms. The lowest BCUT2D eigenvalue weighted by Gasteiger charge is -2.16. The van der Waals surface area contributed by atoms with Gasteiger partial charge in [-0.15, -0.1) is 0 Å². The van der Waals surface area contributed by atoms with E-state index in [4.69, 9.17) is 9.11 Å². The highest BCUT2D eigenvalue weighted by molar-refractivity contribution is 7.90. The third-order valence-electron chi connectivity index (χ3n) is 4.97. The highest BCUT2D eigenvalue weighted by Crippen LogP contribution is 2.37. The molecular weight excluding hydrogens is 568 g/mol. The second kappa shape index (κ2) is 10.6. The van der Waals surface area contributed by atoms with E-state index in [0.717, 1.165) is 24.3 Å². The molecular formula is C18H22O14S4. The minimum Gasteiger partial charge on any atom is -0.507 e. The van der Waals surface area contributed by atoms with Crippen LogP contribution in [0.4, 0.5) is 0 Å². The number of phenols is 2. The maximum Gasteiger partial charge on any atom is 0.269 e. The Bertz CT molecular complexity index is 1440. The quantitative estimate of drug-likeness (QED) is 0.190. The second-order valence-electron chi connectivity index (χ2n) is 7.88. The summed E-state index contributed by atoms with van der Waals surface area (Å²) in [5.41, 5.74) is -0.209. The van der Waals surface area contributed by atoms with Gasteiger partial charge < -0.3 is 10.2 Å². The van der Waals surface area contributed by atoms with E-state index in [-0.39, 0.29) is 22.3 Å². The number of aromatic hydroxyl groups is 2. The molecule has 2 rings (SSSR count). The summed E-state index contributed by atoms with van der Waals surface area (Å²) in [6.07, 6.45) is -1.27. The van der Waals surface area contributed by atoms with Crippen molar-refractivity contribution in [3.05, 3.63) is 47.5 Å². The Morgan fingerprint density at radius 3 is 1.11 bits per heavy atom. The fourth-order valence-corrected chi connectivity index (χ4v) is 7.74. The molecule has 0 saturated carbocycles. The number of hydrogen-bond acceptors (Lipinski definition) is 10. The van der Waals surface area contributed by atoms with Crippen LogP contribution in [0.15, 0.2) is 36.4 Å². The average molecular weight is 591 g/mol. The molecule has 0 aliphatic heterocycles. The second-order valence-corrected chi connectivity index (χ2v) is 14.3. The average Bonchev–Trinajstić information content (AvgIpc) is 2.66. The van der Waals surface area contributed by atoms with Gasteiger partial charge in [-0.05, 0) is 48.2 Å². The molecule has 0 saturated heterocycles.